The number of hydrogen-bond acceptors (Lipinski definition) is 4. The smallest absolute Gasteiger partial charge is 0.119 e. The molecule has 0 saturated heterocycles. The van der Waals surface area contributed by atoms with Gasteiger partial charge in [0, 0.05) is 51.2 Å². The zero-order chi connectivity index (χ0) is 42.3. The van der Waals surface area contributed by atoms with Crippen molar-refractivity contribution in [2.24, 2.45) is 0 Å². The molecule has 0 aliphatic heterocycles. The molecule has 0 aliphatic carbocycles. The Labute approximate surface area is 363 Å². The van der Waals surface area contributed by atoms with Crippen LogP contribution >= 0.6 is 0 Å². The van der Waals surface area contributed by atoms with E-state index >= 15 is 0 Å². The fourth-order valence-corrected chi connectivity index (χ4v) is 8.03. The molecular formula is C57H55N3O. The third-order valence-electron chi connectivity index (χ3n) is 11.2. The lowest BCUT2D eigenvalue weighted by Crippen LogP contribution is -2.12. The van der Waals surface area contributed by atoms with Crippen LogP contribution in [0.4, 0.5) is 51.2 Å². The molecule has 0 N–H and O–H groups in total. The zero-order valence-corrected chi connectivity index (χ0v) is 36.3. The van der Waals surface area contributed by atoms with Gasteiger partial charge in [0.1, 0.15) is 5.75 Å². The van der Waals surface area contributed by atoms with Gasteiger partial charge >= 0.3 is 0 Å². The number of ether oxygens (including phenoxy) is 1. The standard InChI is InChI=1S/C57H55N3O/c1-7-8-35-61-56-33-31-51(32-34-56)58(49-27-29-50(30-28-49)59(48-23-19-41(2)20-24-48)55-37-43(4)36-44(5)38-55)53-16-11-14-46(39-53)47-15-12-17-54(40-47)60(52-25-21-42(3)22-26-52)57-18-10-9-13-45(57)6/h9-34,36-40H,7-8,35H2,1-6H3. The van der Waals surface area contributed by atoms with Gasteiger partial charge in [-0.1, -0.05) is 97.3 Å². The minimum absolute atomic E-state index is 0.714. The predicted molar refractivity (Wildman–Crippen MR) is 260 cm³/mol. The van der Waals surface area contributed by atoms with Crippen LogP contribution in [0.25, 0.3) is 11.1 Å². The molecule has 0 heterocycles. The Kier molecular flexibility index (Phi) is 12.3. The number of nitrogens with zero attached hydrogens (tertiary/aromatic N) is 3. The molecule has 0 unspecified atom stereocenters. The van der Waals surface area contributed by atoms with Gasteiger partial charge in [-0.2, -0.15) is 0 Å². The van der Waals surface area contributed by atoms with Crippen LogP contribution in [0, 0.1) is 34.6 Å². The number of rotatable bonds is 14. The van der Waals surface area contributed by atoms with Gasteiger partial charge in [-0.3, -0.25) is 0 Å². The van der Waals surface area contributed by atoms with Crippen molar-refractivity contribution in [2.75, 3.05) is 21.3 Å². The van der Waals surface area contributed by atoms with Crippen LogP contribution in [0.15, 0.2) is 188 Å². The quantitative estimate of drug-likeness (QED) is 0.102. The summed E-state index contributed by atoms with van der Waals surface area (Å²) in [5, 5.41) is 0. The molecule has 0 amide bonds. The van der Waals surface area contributed by atoms with Crippen LogP contribution in [-0.4, -0.2) is 6.61 Å². The topological polar surface area (TPSA) is 19.0 Å². The molecule has 0 spiro atoms. The monoisotopic (exact) mass is 797 g/mol. The molecule has 0 atom stereocenters. The third kappa shape index (κ3) is 9.40. The van der Waals surface area contributed by atoms with Gasteiger partial charge in [-0.05, 0) is 184 Å². The van der Waals surface area contributed by atoms with Gasteiger partial charge in [-0.15, -0.1) is 0 Å². The second-order valence-corrected chi connectivity index (χ2v) is 16.1. The second-order valence-electron chi connectivity index (χ2n) is 16.1. The summed E-state index contributed by atoms with van der Waals surface area (Å²) in [6, 6.07) is 68.1. The van der Waals surface area contributed by atoms with E-state index in [4.69, 9.17) is 4.74 Å². The minimum Gasteiger partial charge on any atom is -0.494 e. The molecule has 0 aliphatic rings. The summed E-state index contributed by atoms with van der Waals surface area (Å²) in [4.78, 5) is 7.05. The molecule has 0 saturated carbocycles. The van der Waals surface area contributed by atoms with Crippen LogP contribution < -0.4 is 19.4 Å². The molecule has 4 nitrogen and oxygen atoms in total. The Bertz CT molecular complexity index is 2680. The van der Waals surface area contributed by atoms with Crippen molar-refractivity contribution in [3.63, 3.8) is 0 Å². The highest BCUT2D eigenvalue weighted by Crippen LogP contribution is 2.42. The molecule has 4 heteroatoms. The number of anilines is 9. The lowest BCUT2D eigenvalue weighted by Gasteiger charge is -2.29. The lowest BCUT2D eigenvalue weighted by molar-refractivity contribution is 0.309. The molecule has 304 valence electrons. The molecule has 8 rings (SSSR count). The normalized spacial score (nSPS) is 11.0. The molecule has 8 aromatic carbocycles. The molecule has 61 heavy (non-hydrogen) atoms. The van der Waals surface area contributed by atoms with Gasteiger partial charge in [0.15, 0.2) is 0 Å². The van der Waals surface area contributed by atoms with Crippen molar-refractivity contribution < 1.29 is 4.74 Å². The number of aryl methyl sites for hydroxylation is 5. The van der Waals surface area contributed by atoms with Gasteiger partial charge in [0.05, 0.1) is 6.61 Å². The summed E-state index contributed by atoms with van der Waals surface area (Å²) in [5.41, 5.74) is 18.4. The van der Waals surface area contributed by atoms with Crippen molar-refractivity contribution in [3.05, 3.63) is 216 Å². The van der Waals surface area contributed by atoms with Crippen molar-refractivity contribution in [1.29, 1.82) is 0 Å². The Morgan fingerprint density at radius 2 is 0.803 bits per heavy atom. The van der Waals surface area contributed by atoms with E-state index in [2.05, 4.69) is 244 Å². The van der Waals surface area contributed by atoms with Crippen LogP contribution in [-0.2, 0) is 0 Å². The molecule has 8 aromatic rings. The Balaban J connectivity index is 1.20. The van der Waals surface area contributed by atoms with E-state index in [0.29, 0.717) is 6.61 Å². The first-order valence-electron chi connectivity index (χ1n) is 21.4. The fraction of sp³-hybridized carbons (Fsp3) is 0.158. The first-order valence-corrected chi connectivity index (χ1v) is 21.4. The first-order chi connectivity index (χ1) is 29.7. The van der Waals surface area contributed by atoms with Crippen LogP contribution in [0.1, 0.15) is 47.6 Å². The predicted octanol–water partition coefficient (Wildman–Crippen LogP) is 16.5. The number of para-hydroxylation sites is 1. The molecule has 0 aromatic heterocycles. The van der Waals surface area contributed by atoms with E-state index in [0.717, 1.165) is 80.9 Å². The Morgan fingerprint density at radius 1 is 0.361 bits per heavy atom. The average molecular weight is 798 g/mol. The number of unbranched alkanes of at least 4 members (excludes halogenated alkanes) is 1. The highest BCUT2D eigenvalue weighted by molar-refractivity contribution is 5.85. The highest BCUT2D eigenvalue weighted by Gasteiger charge is 2.19. The number of benzene rings is 8. The summed E-state index contributed by atoms with van der Waals surface area (Å²) in [7, 11) is 0. The maximum Gasteiger partial charge on any atom is 0.119 e. The largest absolute Gasteiger partial charge is 0.494 e. The van der Waals surface area contributed by atoms with Crippen LogP contribution in [0.3, 0.4) is 0 Å². The highest BCUT2D eigenvalue weighted by atomic mass is 16.5. The third-order valence-corrected chi connectivity index (χ3v) is 11.2. The molecule has 0 bridgehead atoms. The SMILES string of the molecule is CCCCOc1ccc(N(c2ccc(N(c3ccc(C)cc3)c3cc(C)cc(C)c3)cc2)c2cccc(-c3cccc(N(c4ccc(C)cc4)c4ccccc4C)c3)c2)cc1. The summed E-state index contributed by atoms with van der Waals surface area (Å²) >= 11 is 0. The second kappa shape index (κ2) is 18.5. The average Bonchev–Trinajstić information content (AvgIpc) is 3.27. The van der Waals surface area contributed by atoms with Crippen LogP contribution in [0.5, 0.6) is 5.75 Å². The summed E-state index contributed by atoms with van der Waals surface area (Å²) in [6.07, 6.45) is 2.13. The van der Waals surface area contributed by atoms with E-state index in [1.54, 1.807) is 0 Å². The van der Waals surface area contributed by atoms with E-state index in [1.165, 1.54) is 27.8 Å². The summed E-state index contributed by atoms with van der Waals surface area (Å²) in [5.74, 6) is 0.882. The van der Waals surface area contributed by atoms with E-state index in [9.17, 15) is 0 Å². The Hall–Kier alpha value is -7.04. The van der Waals surface area contributed by atoms with Crippen molar-refractivity contribution in [3.8, 4) is 16.9 Å². The molecule has 0 fully saturated rings. The lowest BCUT2D eigenvalue weighted by atomic mass is 10.0. The minimum atomic E-state index is 0.714. The number of hydrogen-bond donors (Lipinski definition) is 0. The van der Waals surface area contributed by atoms with E-state index in [-0.39, 0.29) is 0 Å². The summed E-state index contributed by atoms with van der Waals surface area (Å²) < 4.78 is 6.10. The van der Waals surface area contributed by atoms with E-state index < -0.39 is 0 Å². The van der Waals surface area contributed by atoms with Gasteiger partial charge in [0.25, 0.3) is 0 Å². The van der Waals surface area contributed by atoms with Crippen LogP contribution in [0.2, 0.25) is 0 Å². The van der Waals surface area contributed by atoms with Gasteiger partial charge in [-0.25, -0.2) is 0 Å². The summed E-state index contributed by atoms with van der Waals surface area (Å²) in [6.45, 7) is 13.7. The van der Waals surface area contributed by atoms with E-state index in [1.807, 2.05) is 0 Å². The molecule has 0 radical (unpaired) electrons. The fourth-order valence-electron chi connectivity index (χ4n) is 8.03. The van der Waals surface area contributed by atoms with Crippen molar-refractivity contribution in [1.82, 2.24) is 0 Å². The first kappa shape index (κ1) is 40.7. The zero-order valence-electron chi connectivity index (χ0n) is 36.3. The van der Waals surface area contributed by atoms with Crippen molar-refractivity contribution in [2.45, 2.75) is 54.4 Å². The maximum absolute atomic E-state index is 6.10. The maximum atomic E-state index is 6.10. The van der Waals surface area contributed by atoms with Gasteiger partial charge in [0.2, 0.25) is 0 Å². The van der Waals surface area contributed by atoms with Crippen molar-refractivity contribution >= 4 is 51.2 Å². The van der Waals surface area contributed by atoms with Gasteiger partial charge < -0.3 is 19.4 Å². The Morgan fingerprint density at radius 3 is 1.31 bits per heavy atom. The molecular weight excluding hydrogens is 743 g/mol.